The highest BCUT2D eigenvalue weighted by atomic mass is 16.6. The Morgan fingerprint density at radius 2 is 1.76 bits per heavy atom. The van der Waals surface area contributed by atoms with E-state index >= 15 is 0 Å². The van der Waals surface area contributed by atoms with Crippen LogP contribution in [-0.4, -0.2) is 30.3 Å². The van der Waals surface area contributed by atoms with Crippen molar-refractivity contribution in [3.05, 3.63) is 42.5 Å². The highest BCUT2D eigenvalue weighted by molar-refractivity contribution is 5.89. The Morgan fingerprint density at radius 3 is 2.35 bits per heavy atom. The SMILES string of the molecule is C=CC(=O)OCCOC(=O)c1ccc(O)cc1. The molecule has 1 aromatic carbocycles. The highest BCUT2D eigenvalue weighted by Crippen LogP contribution is 2.10. The number of hydrogen-bond donors (Lipinski definition) is 1. The van der Waals surface area contributed by atoms with E-state index in [1.54, 1.807) is 0 Å². The van der Waals surface area contributed by atoms with E-state index in [1.165, 1.54) is 24.3 Å². The monoisotopic (exact) mass is 236 g/mol. The van der Waals surface area contributed by atoms with Crippen molar-refractivity contribution in [3.8, 4) is 5.75 Å². The second-order valence-corrected chi connectivity index (χ2v) is 3.05. The first-order valence-electron chi connectivity index (χ1n) is 4.89. The van der Waals surface area contributed by atoms with E-state index in [2.05, 4.69) is 11.3 Å². The third kappa shape index (κ3) is 4.38. The fraction of sp³-hybridized carbons (Fsp3) is 0.167. The third-order valence-corrected chi connectivity index (χ3v) is 1.83. The zero-order valence-electron chi connectivity index (χ0n) is 9.09. The minimum atomic E-state index is -0.564. The smallest absolute Gasteiger partial charge is 0.338 e. The molecule has 0 radical (unpaired) electrons. The largest absolute Gasteiger partial charge is 0.508 e. The summed E-state index contributed by atoms with van der Waals surface area (Å²) in [5.41, 5.74) is 0.317. The molecule has 1 aromatic rings. The van der Waals surface area contributed by atoms with Gasteiger partial charge < -0.3 is 14.6 Å². The summed E-state index contributed by atoms with van der Waals surface area (Å²) >= 11 is 0. The number of carbonyl (C=O) groups is 2. The molecule has 0 aromatic heterocycles. The summed E-state index contributed by atoms with van der Waals surface area (Å²) in [5, 5.41) is 9.02. The Hall–Kier alpha value is -2.30. The minimum Gasteiger partial charge on any atom is -0.508 e. The van der Waals surface area contributed by atoms with Gasteiger partial charge in [0.1, 0.15) is 19.0 Å². The normalized spacial score (nSPS) is 9.41. The molecule has 5 nitrogen and oxygen atoms in total. The quantitative estimate of drug-likeness (QED) is 0.473. The number of benzene rings is 1. The molecule has 0 aliphatic heterocycles. The van der Waals surface area contributed by atoms with E-state index in [0.717, 1.165) is 6.08 Å². The first-order valence-corrected chi connectivity index (χ1v) is 4.89. The molecular formula is C12H12O5. The Labute approximate surface area is 98.3 Å². The maximum absolute atomic E-state index is 11.4. The number of rotatable bonds is 5. The van der Waals surface area contributed by atoms with E-state index in [9.17, 15) is 9.59 Å². The van der Waals surface area contributed by atoms with Gasteiger partial charge in [-0.15, -0.1) is 0 Å². The number of phenolic OH excluding ortho intramolecular Hbond substituents is 1. The van der Waals surface area contributed by atoms with Crippen molar-refractivity contribution in [2.24, 2.45) is 0 Å². The molecule has 1 N–H and O–H groups in total. The van der Waals surface area contributed by atoms with Gasteiger partial charge in [-0.05, 0) is 24.3 Å². The molecule has 0 saturated carbocycles. The van der Waals surface area contributed by atoms with Gasteiger partial charge in [-0.2, -0.15) is 0 Å². The van der Waals surface area contributed by atoms with E-state index in [1.807, 2.05) is 0 Å². The summed E-state index contributed by atoms with van der Waals surface area (Å²) in [6.45, 7) is 3.18. The molecule has 0 bridgehead atoms. The van der Waals surface area contributed by atoms with Crippen LogP contribution in [0.25, 0.3) is 0 Å². The molecule has 0 aliphatic carbocycles. The van der Waals surface area contributed by atoms with E-state index in [0.29, 0.717) is 5.56 Å². The first-order chi connectivity index (χ1) is 8.13. The number of aromatic hydroxyl groups is 1. The fourth-order valence-electron chi connectivity index (χ4n) is 1.02. The van der Waals surface area contributed by atoms with Crippen LogP contribution in [0.4, 0.5) is 0 Å². The van der Waals surface area contributed by atoms with Gasteiger partial charge in [0.2, 0.25) is 0 Å². The van der Waals surface area contributed by atoms with Crippen molar-refractivity contribution in [1.29, 1.82) is 0 Å². The first kappa shape index (κ1) is 12.8. The summed E-state index contributed by atoms with van der Waals surface area (Å²) in [7, 11) is 0. The second-order valence-electron chi connectivity index (χ2n) is 3.05. The van der Waals surface area contributed by atoms with Crippen LogP contribution in [0.5, 0.6) is 5.75 Å². The zero-order valence-corrected chi connectivity index (χ0v) is 9.09. The third-order valence-electron chi connectivity index (χ3n) is 1.83. The van der Waals surface area contributed by atoms with Crippen molar-refractivity contribution in [2.75, 3.05) is 13.2 Å². The maximum atomic E-state index is 11.4. The number of esters is 2. The summed E-state index contributed by atoms with van der Waals surface area (Å²) in [6, 6.07) is 5.64. The summed E-state index contributed by atoms with van der Waals surface area (Å²) in [6.07, 6.45) is 1.03. The van der Waals surface area contributed by atoms with Gasteiger partial charge in [-0.1, -0.05) is 6.58 Å². The highest BCUT2D eigenvalue weighted by Gasteiger charge is 2.06. The molecule has 0 amide bonds. The average molecular weight is 236 g/mol. The molecule has 17 heavy (non-hydrogen) atoms. The van der Waals surface area contributed by atoms with Crippen LogP contribution in [0, 0.1) is 0 Å². The molecule has 5 heteroatoms. The van der Waals surface area contributed by atoms with Crippen LogP contribution < -0.4 is 0 Å². The Bertz CT molecular complexity index is 407. The van der Waals surface area contributed by atoms with Crippen LogP contribution >= 0.6 is 0 Å². The van der Waals surface area contributed by atoms with Gasteiger partial charge in [0.05, 0.1) is 5.56 Å². The van der Waals surface area contributed by atoms with Crippen molar-refractivity contribution in [2.45, 2.75) is 0 Å². The van der Waals surface area contributed by atoms with Crippen molar-refractivity contribution in [1.82, 2.24) is 0 Å². The van der Waals surface area contributed by atoms with Crippen LogP contribution in [0.15, 0.2) is 36.9 Å². The molecular weight excluding hydrogens is 224 g/mol. The minimum absolute atomic E-state index is 0.0192. The van der Waals surface area contributed by atoms with Crippen molar-refractivity contribution >= 4 is 11.9 Å². The van der Waals surface area contributed by atoms with Crippen molar-refractivity contribution < 1.29 is 24.2 Å². The topological polar surface area (TPSA) is 72.8 Å². The predicted molar refractivity (Wildman–Crippen MR) is 59.5 cm³/mol. The molecule has 0 fully saturated rings. The van der Waals surface area contributed by atoms with Gasteiger partial charge in [-0.25, -0.2) is 9.59 Å². The van der Waals surface area contributed by atoms with Crippen molar-refractivity contribution in [3.63, 3.8) is 0 Å². The van der Waals surface area contributed by atoms with E-state index < -0.39 is 11.9 Å². The number of carbonyl (C=O) groups excluding carboxylic acids is 2. The second kappa shape index (κ2) is 6.32. The lowest BCUT2D eigenvalue weighted by molar-refractivity contribution is -0.138. The molecule has 1 rings (SSSR count). The molecule has 0 unspecified atom stereocenters. The van der Waals surface area contributed by atoms with Crippen LogP contribution in [0.1, 0.15) is 10.4 Å². The van der Waals surface area contributed by atoms with Gasteiger partial charge in [0.25, 0.3) is 0 Å². The fourth-order valence-corrected chi connectivity index (χ4v) is 1.02. The van der Waals surface area contributed by atoms with Gasteiger partial charge in [0, 0.05) is 6.08 Å². The maximum Gasteiger partial charge on any atom is 0.338 e. The Morgan fingerprint density at radius 1 is 1.18 bits per heavy atom. The molecule has 0 aliphatic rings. The standard InChI is InChI=1S/C12H12O5/c1-2-11(14)16-7-8-17-12(15)9-3-5-10(13)6-4-9/h2-6,13H,1,7-8H2. The van der Waals surface area contributed by atoms with Crippen LogP contribution in [0.3, 0.4) is 0 Å². The lowest BCUT2D eigenvalue weighted by atomic mass is 10.2. The van der Waals surface area contributed by atoms with Gasteiger partial charge in [0.15, 0.2) is 0 Å². The lowest BCUT2D eigenvalue weighted by Gasteiger charge is -2.05. The summed E-state index contributed by atoms with van der Waals surface area (Å²) < 4.78 is 9.45. The Balaban J connectivity index is 2.32. The molecule has 0 saturated heterocycles. The number of hydrogen-bond acceptors (Lipinski definition) is 5. The predicted octanol–water partition coefficient (Wildman–Crippen LogP) is 1.28. The van der Waals surface area contributed by atoms with Crippen LogP contribution in [-0.2, 0) is 14.3 Å². The Kier molecular flexibility index (Phi) is 4.75. The lowest BCUT2D eigenvalue weighted by Crippen LogP contribution is -2.12. The summed E-state index contributed by atoms with van der Waals surface area (Å²) in [5.74, 6) is -1.04. The summed E-state index contributed by atoms with van der Waals surface area (Å²) in [4.78, 5) is 22.1. The van der Waals surface area contributed by atoms with E-state index in [4.69, 9.17) is 9.84 Å². The molecule has 90 valence electrons. The molecule has 0 atom stereocenters. The average Bonchev–Trinajstić information content (AvgIpc) is 2.34. The number of phenols is 1. The molecule has 0 heterocycles. The molecule has 0 spiro atoms. The van der Waals surface area contributed by atoms with Gasteiger partial charge in [-0.3, -0.25) is 0 Å². The zero-order chi connectivity index (χ0) is 12.7. The van der Waals surface area contributed by atoms with E-state index in [-0.39, 0.29) is 19.0 Å². The van der Waals surface area contributed by atoms with Gasteiger partial charge >= 0.3 is 11.9 Å². The number of ether oxygens (including phenoxy) is 2. The van der Waals surface area contributed by atoms with Crippen LogP contribution in [0.2, 0.25) is 0 Å².